The molecule has 0 aliphatic carbocycles. The second-order valence-corrected chi connectivity index (χ2v) is 8.53. The van der Waals surface area contributed by atoms with Crippen molar-refractivity contribution < 1.29 is 19.4 Å². The van der Waals surface area contributed by atoms with Gasteiger partial charge in [-0.25, -0.2) is 0 Å². The van der Waals surface area contributed by atoms with Gasteiger partial charge in [0.2, 0.25) is 0 Å². The smallest absolute Gasteiger partial charge is 0.296 e. The molecule has 3 aromatic rings. The van der Waals surface area contributed by atoms with Gasteiger partial charge in [-0.2, -0.15) is 0 Å². The van der Waals surface area contributed by atoms with Crippen molar-refractivity contribution in [3.63, 3.8) is 0 Å². The van der Waals surface area contributed by atoms with Crippen LogP contribution in [0.1, 0.15) is 55.1 Å². The van der Waals surface area contributed by atoms with Crippen LogP contribution in [0.5, 0.6) is 5.75 Å². The maximum atomic E-state index is 13.2. The van der Waals surface area contributed by atoms with E-state index in [0.29, 0.717) is 29.5 Å². The molecule has 6 heteroatoms. The summed E-state index contributed by atoms with van der Waals surface area (Å²) in [6.07, 6.45) is 1.65. The molecule has 2 aromatic carbocycles. The summed E-state index contributed by atoms with van der Waals surface area (Å²) in [5.41, 5.74) is 3.04. The van der Waals surface area contributed by atoms with Crippen molar-refractivity contribution in [2.24, 2.45) is 0 Å². The fraction of sp³-hybridized carbons (Fsp3) is 0.250. The molecule has 1 amide bonds. The third-order valence-electron chi connectivity index (χ3n) is 5.94. The normalized spacial score (nSPS) is 17.4. The number of pyridine rings is 1. The Hall–Kier alpha value is -3.93. The van der Waals surface area contributed by atoms with Gasteiger partial charge in [0, 0.05) is 11.8 Å². The van der Waals surface area contributed by atoms with Crippen LogP contribution < -0.4 is 4.74 Å². The number of Topliss-reactive ketones (excluding diaryl/α,β-unsaturated/α-hetero) is 1. The Morgan fingerprint density at radius 3 is 2.47 bits per heavy atom. The van der Waals surface area contributed by atoms with Crippen LogP contribution in [0.15, 0.2) is 78.5 Å². The molecule has 1 aromatic heterocycles. The first-order valence-corrected chi connectivity index (χ1v) is 11.4. The molecule has 0 saturated carbocycles. The quantitative estimate of drug-likeness (QED) is 0.299. The molecular formula is C28H28N2O4. The van der Waals surface area contributed by atoms with Crippen molar-refractivity contribution in [2.75, 3.05) is 6.61 Å². The Bertz CT molecular complexity index is 1220. The van der Waals surface area contributed by atoms with Crippen molar-refractivity contribution in [1.82, 2.24) is 9.88 Å². The predicted molar refractivity (Wildman–Crippen MR) is 130 cm³/mol. The van der Waals surface area contributed by atoms with Gasteiger partial charge in [0.1, 0.15) is 11.5 Å². The number of carbonyl (C=O) groups excluding carboxylic acids is 2. The minimum absolute atomic E-state index is 0.0619. The van der Waals surface area contributed by atoms with Gasteiger partial charge < -0.3 is 14.7 Å². The highest BCUT2D eigenvalue weighted by atomic mass is 16.5. The van der Waals surface area contributed by atoms with Crippen LogP contribution in [0.3, 0.4) is 0 Å². The minimum Gasteiger partial charge on any atom is -0.507 e. The van der Waals surface area contributed by atoms with E-state index in [4.69, 9.17) is 4.74 Å². The maximum absolute atomic E-state index is 13.2. The van der Waals surface area contributed by atoms with Crippen LogP contribution >= 0.6 is 0 Å². The van der Waals surface area contributed by atoms with Crippen LogP contribution in [0.2, 0.25) is 0 Å². The Balaban J connectivity index is 1.84. The summed E-state index contributed by atoms with van der Waals surface area (Å²) in [6.45, 7) is 6.70. The molecule has 4 rings (SSSR count). The van der Waals surface area contributed by atoms with Gasteiger partial charge in [-0.3, -0.25) is 14.6 Å². The monoisotopic (exact) mass is 456 g/mol. The standard InChI is InChI=1S/C28H28N2O4/c1-4-34-23-10-7-8-21(16-23)26(31)24-25(20-13-11-19(12-14-20)18(2)3)30(28(33)27(24)32)17-22-9-5-6-15-29-22/h5-16,18,25,31H,4,17H2,1-3H3/b26-24-. The number of benzene rings is 2. The third kappa shape index (κ3) is 4.57. The molecule has 1 unspecified atom stereocenters. The van der Waals surface area contributed by atoms with Crippen molar-refractivity contribution >= 4 is 17.4 Å². The van der Waals surface area contributed by atoms with Crippen LogP contribution in [0, 0.1) is 0 Å². The van der Waals surface area contributed by atoms with E-state index in [0.717, 1.165) is 11.1 Å². The molecule has 1 aliphatic heterocycles. The average Bonchev–Trinajstić information content (AvgIpc) is 3.09. The lowest BCUT2D eigenvalue weighted by atomic mass is 9.93. The molecule has 0 radical (unpaired) electrons. The van der Waals surface area contributed by atoms with E-state index >= 15 is 0 Å². The summed E-state index contributed by atoms with van der Waals surface area (Å²) in [6, 6.07) is 19.4. The van der Waals surface area contributed by atoms with Gasteiger partial charge >= 0.3 is 0 Å². The van der Waals surface area contributed by atoms with Crippen molar-refractivity contribution in [3.8, 4) is 5.75 Å². The largest absolute Gasteiger partial charge is 0.507 e. The van der Waals surface area contributed by atoms with E-state index in [1.54, 1.807) is 36.5 Å². The van der Waals surface area contributed by atoms with E-state index in [2.05, 4.69) is 18.8 Å². The first-order valence-electron chi connectivity index (χ1n) is 11.4. The van der Waals surface area contributed by atoms with Gasteiger partial charge in [0.15, 0.2) is 0 Å². The van der Waals surface area contributed by atoms with E-state index in [1.807, 2.05) is 43.3 Å². The summed E-state index contributed by atoms with van der Waals surface area (Å²) in [4.78, 5) is 32.2. The molecule has 2 heterocycles. The first kappa shape index (κ1) is 23.2. The van der Waals surface area contributed by atoms with Crippen LogP contribution in [-0.4, -0.2) is 33.3 Å². The maximum Gasteiger partial charge on any atom is 0.296 e. The van der Waals surface area contributed by atoms with Gasteiger partial charge in [-0.1, -0.05) is 56.3 Å². The summed E-state index contributed by atoms with van der Waals surface area (Å²) in [7, 11) is 0. The molecule has 0 bridgehead atoms. The second-order valence-electron chi connectivity index (χ2n) is 8.53. The molecule has 1 aliphatic rings. The summed E-state index contributed by atoms with van der Waals surface area (Å²) >= 11 is 0. The molecule has 34 heavy (non-hydrogen) atoms. The second kappa shape index (κ2) is 9.91. The zero-order valence-corrected chi connectivity index (χ0v) is 19.6. The number of aromatic nitrogens is 1. The molecule has 6 nitrogen and oxygen atoms in total. The zero-order valence-electron chi connectivity index (χ0n) is 19.6. The third-order valence-corrected chi connectivity index (χ3v) is 5.94. The highest BCUT2D eigenvalue weighted by Gasteiger charge is 2.46. The number of ketones is 1. The predicted octanol–water partition coefficient (Wildman–Crippen LogP) is 5.23. The van der Waals surface area contributed by atoms with Crippen LogP contribution in [0.4, 0.5) is 0 Å². The lowest BCUT2D eigenvalue weighted by molar-refractivity contribution is -0.140. The minimum atomic E-state index is -0.737. The number of nitrogens with zero attached hydrogens (tertiary/aromatic N) is 2. The van der Waals surface area contributed by atoms with E-state index in [1.165, 1.54) is 4.90 Å². The Morgan fingerprint density at radius 1 is 1.06 bits per heavy atom. The van der Waals surface area contributed by atoms with E-state index in [9.17, 15) is 14.7 Å². The Morgan fingerprint density at radius 2 is 1.82 bits per heavy atom. The fourth-order valence-corrected chi connectivity index (χ4v) is 4.17. The van der Waals surface area contributed by atoms with Crippen molar-refractivity contribution in [2.45, 2.75) is 39.3 Å². The molecule has 0 spiro atoms. The van der Waals surface area contributed by atoms with E-state index < -0.39 is 17.7 Å². The molecule has 1 N–H and O–H groups in total. The topological polar surface area (TPSA) is 79.7 Å². The van der Waals surface area contributed by atoms with Crippen molar-refractivity contribution in [1.29, 1.82) is 0 Å². The van der Waals surface area contributed by atoms with Gasteiger partial charge in [0.25, 0.3) is 11.7 Å². The summed E-state index contributed by atoms with van der Waals surface area (Å²) in [5.74, 6) is -0.678. The number of amides is 1. The summed E-state index contributed by atoms with van der Waals surface area (Å²) in [5, 5.41) is 11.3. The number of carbonyl (C=O) groups is 2. The van der Waals surface area contributed by atoms with Gasteiger partial charge in [0.05, 0.1) is 30.5 Å². The number of hydrogen-bond donors (Lipinski definition) is 1. The van der Waals surface area contributed by atoms with Crippen molar-refractivity contribution in [3.05, 3.63) is 101 Å². The highest BCUT2D eigenvalue weighted by Crippen LogP contribution is 2.40. The number of rotatable bonds is 7. The lowest BCUT2D eigenvalue weighted by Crippen LogP contribution is -2.29. The zero-order chi connectivity index (χ0) is 24.2. The number of ether oxygens (including phenoxy) is 1. The van der Waals surface area contributed by atoms with Crippen LogP contribution in [-0.2, 0) is 16.1 Å². The molecular weight excluding hydrogens is 428 g/mol. The molecule has 1 atom stereocenters. The number of aliphatic hydroxyl groups is 1. The highest BCUT2D eigenvalue weighted by molar-refractivity contribution is 6.46. The number of aliphatic hydroxyl groups excluding tert-OH is 1. The lowest BCUT2D eigenvalue weighted by Gasteiger charge is -2.25. The number of hydrogen-bond acceptors (Lipinski definition) is 5. The van der Waals surface area contributed by atoms with Gasteiger partial charge in [-0.05, 0) is 48.2 Å². The average molecular weight is 457 g/mol. The van der Waals surface area contributed by atoms with Gasteiger partial charge in [-0.15, -0.1) is 0 Å². The Kier molecular flexibility index (Phi) is 6.77. The molecule has 174 valence electrons. The SMILES string of the molecule is CCOc1cccc(/C(O)=C2/C(=O)C(=O)N(Cc3ccccn3)C2c2ccc(C(C)C)cc2)c1. The summed E-state index contributed by atoms with van der Waals surface area (Å²) < 4.78 is 5.55. The number of likely N-dealkylation sites (tertiary alicyclic amines) is 1. The Labute approximate surface area is 199 Å². The van der Waals surface area contributed by atoms with Crippen LogP contribution in [0.25, 0.3) is 5.76 Å². The molecule has 1 saturated heterocycles. The van der Waals surface area contributed by atoms with E-state index in [-0.39, 0.29) is 17.9 Å². The fourth-order valence-electron chi connectivity index (χ4n) is 4.17. The molecule has 1 fully saturated rings. The first-order chi connectivity index (χ1) is 16.4.